The van der Waals surface area contributed by atoms with Gasteiger partial charge in [-0.2, -0.15) is 0 Å². The highest BCUT2D eigenvalue weighted by molar-refractivity contribution is 4.85. The van der Waals surface area contributed by atoms with Gasteiger partial charge in [0.15, 0.2) is 12.3 Å². The van der Waals surface area contributed by atoms with Crippen LogP contribution in [0.3, 0.4) is 0 Å². The molecule has 0 bridgehead atoms. The summed E-state index contributed by atoms with van der Waals surface area (Å²) in [6.07, 6.45) is -15.4. The molecule has 0 saturated heterocycles. The number of alkyl halides is 6. The molecule has 0 rings (SSSR count). The van der Waals surface area contributed by atoms with Gasteiger partial charge in [0.2, 0.25) is 0 Å². The van der Waals surface area contributed by atoms with Crippen LogP contribution in [0.5, 0.6) is 0 Å². The lowest BCUT2D eigenvalue weighted by Crippen LogP contribution is -2.52. The molecule has 2 nitrogen and oxygen atoms in total. The van der Waals surface area contributed by atoms with E-state index in [9.17, 15) is 26.3 Å². The topological polar surface area (TPSA) is 40.5 Å². The lowest BCUT2D eigenvalue weighted by Gasteiger charge is -2.26. The predicted octanol–water partition coefficient (Wildman–Crippen LogP) is 0.874. The summed E-state index contributed by atoms with van der Waals surface area (Å²) in [5.41, 5.74) is 0. The smallest absolute Gasteiger partial charge is 0.294 e. The van der Waals surface area contributed by atoms with Crippen LogP contribution in [0.15, 0.2) is 0 Å². The minimum absolute atomic E-state index is 3.66. The maximum absolute atomic E-state index is 12.2. The van der Waals surface area contributed by atoms with Crippen molar-refractivity contribution in [3.05, 3.63) is 0 Å². The average molecular weight is 212 g/mol. The van der Waals surface area contributed by atoms with Gasteiger partial charge in [-0.15, -0.1) is 0 Å². The third-order valence-corrected chi connectivity index (χ3v) is 1.25. The van der Waals surface area contributed by atoms with Gasteiger partial charge < -0.3 is 10.2 Å². The summed E-state index contributed by atoms with van der Waals surface area (Å²) in [6.45, 7) is 0. The maximum Gasteiger partial charge on any atom is 0.294 e. The number of hydrogen-bond acceptors (Lipinski definition) is 2. The highest BCUT2D eigenvalue weighted by Crippen LogP contribution is 2.26. The Kier molecular flexibility index (Phi) is 3.98. The monoisotopic (exact) mass is 212 g/mol. The Hall–Kier alpha value is -0.500. The fraction of sp³-hybridized carbons (Fsp3) is 1.00. The molecule has 13 heavy (non-hydrogen) atoms. The first kappa shape index (κ1) is 12.5. The van der Waals surface area contributed by atoms with Gasteiger partial charge in [0.05, 0.1) is 0 Å². The number of rotatable bonds is 4. The highest BCUT2D eigenvalue weighted by atomic mass is 19.3. The van der Waals surface area contributed by atoms with Gasteiger partial charge in [-0.25, -0.2) is 26.3 Å². The van der Waals surface area contributed by atoms with Gasteiger partial charge in [-0.05, 0) is 0 Å². The Morgan fingerprint density at radius 3 is 1.46 bits per heavy atom. The molecular formula is C5H6F6O2. The number of aliphatic hydroxyl groups is 2. The molecule has 0 aromatic heterocycles. The van der Waals surface area contributed by atoms with Crippen LogP contribution in [0.2, 0.25) is 0 Å². The number of halogens is 6. The van der Waals surface area contributed by atoms with E-state index in [1.54, 1.807) is 0 Å². The van der Waals surface area contributed by atoms with E-state index in [1.165, 1.54) is 0 Å². The largest absolute Gasteiger partial charge is 0.359 e. The van der Waals surface area contributed by atoms with Crippen molar-refractivity contribution in [2.75, 3.05) is 0 Å². The van der Waals surface area contributed by atoms with Crippen molar-refractivity contribution in [3.63, 3.8) is 0 Å². The number of hydrogen-bond donors (Lipinski definition) is 2. The first-order valence-electron chi connectivity index (χ1n) is 3.00. The summed E-state index contributed by atoms with van der Waals surface area (Å²) in [7, 11) is 0. The molecule has 0 saturated carbocycles. The molecule has 0 aliphatic carbocycles. The van der Waals surface area contributed by atoms with Crippen molar-refractivity contribution >= 4 is 0 Å². The minimum atomic E-state index is -4.39. The molecular weight excluding hydrogens is 206 g/mol. The normalized spacial score (nSPS) is 18.0. The molecule has 0 heterocycles. The molecule has 2 atom stereocenters. The van der Waals surface area contributed by atoms with Crippen LogP contribution >= 0.6 is 0 Å². The molecule has 2 N–H and O–H groups in total. The zero-order valence-electron chi connectivity index (χ0n) is 5.97. The Morgan fingerprint density at radius 1 is 0.846 bits per heavy atom. The van der Waals surface area contributed by atoms with Crippen LogP contribution in [-0.2, 0) is 0 Å². The lowest BCUT2D eigenvalue weighted by atomic mass is 10.1. The van der Waals surface area contributed by atoms with Crippen molar-refractivity contribution in [3.8, 4) is 0 Å². The van der Waals surface area contributed by atoms with Crippen LogP contribution in [0.1, 0.15) is 0 Å². The van der Waals surface area contributed by atoms with Crippen molar-refractivity contribution in [1.82, 2.24) is 0 Å². The summed E-state index contributed by atoms with van der Waals surface area (Å²) in [5.74, 6) is -4.39. The average Bonchev–Trinajstić information content (AvgIpc) is 2.01. The summed E-state index contributed by atoms with van der Waals surface area (Å²) in [6, 6.07) is 0. The molecule has 0 radical (unpaired) electrons. The van der Waals surface area contributed by atoms with Crippen molar-refractivity contribution in [2.45, 2.75) is 31.0 Å². The van der Waals surface area contributed by atoms with Gasteiger partial charge in [0, 0.05) is 0 Å². The SMILES string of the molecule is OC(O)(C(F)F)C(F)C(F)C(F)F. The standard InChI is InChI=1S/C5H6F6O2/c6-1(3(8)9)2(7)5(12,13)4(10)11/h1-4,12-13H. The second kappa shape index (κ2) is 4.14. The zero-order chi connectivity index (χ0) is 10.8. The Morgan fingerprint density at radius 2 is 1.23 bits per heavy atom. The van der Waals surface area contributed by atoms with Crippen LogP contribution < -0.4 is 0 Å². The lowest BCUT2D eigenvalue weighted by molar-refractivity contribution is -0.286. The molecule has 0 aromatic rings. The Balaban J connectivity index is 4.48. The molecule has 8 heteroatoms. The van der Waals surface area contributed by atoms with E-state index in [4.69, 9.17) is 10.2 Å². The zero-order valence-corrected chi connectivity index (χ0v) is 5.97. The Bertz CT molecular complexity index is 161. The fourth-order valence-corrected chi connectivity index (χ4v) is 0.482. The van der Waals surface area contributed by atoms with E-state index < -0.39 is 31.0 Å². The molecule has 0 aliphatic heterocycles. The van der Waals surface area contributed by atoms with Gasteiger partial charge in [-0.1, -0.05) is 0 Å². The second-order valence-corrected chi connectivity index (χ2v) is 2.26. The summed E-state index contributed by atoms with van der Waals surface area (Å²) < 4.78 is 70.1. The second-order valence-electron chi connectivity index (χ2n) is 2.26. The van der Waals surface area contributed by atoms with Crippen molar-refractivity contribution < 1.29 is 36.6 Å². The van der Waals surface area contributed by atoms with Crippen molar-refractivity contribution in [1.29, 1.82) is 0 Å². The minimum Gasteiger partial charge on any atom is -0.359 e. The fourth-order valence-electron chi connectivity index (χ4n) is 0.482. The first-order chi connectivity index (χ1) is 5.71. The van der Waals surface area contributed by atoms with Gasteiger partial charge in [0.1, 0.15) is 0 Å². The third kappa shape index (κ3) is 2.73. The predicted molar refractivity (Wildman–Crippen MR) is 29.0 cm³/mol. The van der Waals surface area contributed by atoms with E-state index in [1.807, 2.05) is 0 Å². The molecule has 0 amide bonds. The molecule has 0 aromatic carbocycles. The van der Waals surface area contributed by atoms with Crippen LogP contribution in [0.4, 0.5) is 26.3 Å². The van der Waals surface area contributed by atoms with Gasteiger partial charge >= 0.3 is 0 Å². The molecule has 80 valence electrons. The summed E-state index contributed by atoms with van der Waals surface area (Å²) in [5, 5.41) is 16.3. The maximum atomic E-state index is 12.2. The van der Waals surface area contributed by atoms with Crippen LogP contribution in [0, 0.1) is 0 Å². The van der Waals surface area contributed by atoms with E-state index in [0.717, 1.165) is 0 Å². The molecule has 0 aliphatic rings. The molecule has 2 unspecified atom stereocenters. The van der Waals surface area contributed by atoms with E-state index in [0.29, 0.717) is 0 Å². The molecule has 0 spiro atoms. The van der Waals surface area contributed by atoms with Crippen LogP contribution in [-0.4, -0.2) is 41.2 Å². The summed E-state index contributed by atoms with van der Waals surface area (Å²) in [4.78, 5) is 0. The third-order valence-electron chi connectivity index (χ3n) is 1.25. The van der Waals surface area contributed by atoms with Gasteiger partial charge in [0.25, 0.3) is 18.6 Å². The van der Waals surface area contributed by atoms with Gasteiger partial charge in [-0.3, -0.25) is 0 Å². The summed E-state index contributed by atoms with van der Waals surface area (Å²) >= 11 is 0. The van der Waals surface area contributed by atoms with E-state index in [2.05, 4.69) is 0 Å². The highest BCUT2D eigenvalue weighted by Gasteiger charge is 2.51. The quantitative estimate of drug-likeness (QED) is 0.536. The van der Waals surface area contributed by atoms with E-state index >= 15 is 0 Å². The van der Waals surface area contributed by atoms with E-state index in [-0.39, 0.29) is 0 Å². The Labute approximate surface area is 68.8 Å². The first-order valence-corrected chi connectivity index (χ1v) is 3.00. The van der Waals surface area contributed by atoms with Crippen LogP contribution in [0.25, 0.3) is 0 Å². The molecule has 0 fully saturated rings. The van der Waals surface area contributed by atoms with Crippen molar-refractivity contribution in [2.24, 2.45) is 0 Å².